The molecule has 0 atom stereocenters. The summed E-state index contributed by atoms with van der Waals surface area (Å²) < 4.78 is 0. The lowest BCUT2D eigenvalue weighted by Crippen LogP contribution is -2.49. The lowest BCUT2D eigenvalue weighted by atomic mass is 9.53. The van der Waals surface area contributed by atoms with Crippen molar-refractivity contribution in [1.29, 1.82) is 0 Å². The molecular weight excluding hydrogens is 274 g/mol. The molecule has 0 N–H and O–H groups in total. The van der Waals surface area contributed by atoms with Crippen molar-refractivity contribution in [2.75, 3.05) is 5.75 Å². The van der Waals surface area contributed by atoms with Crippen LogP contribution in [-0.2, 0) is 0 Å². The molecule has 4 aliphatic rings. The Morgan fingerprint density at radius 1 is 1.10 bits per heavy atom. The maximum absolute atomic E-state index is 5.19. The third kappa shape index (κ3) is 2.67. The van der Waals surface area contributed by atoms with E-state index < -0.39 is 0 Å². The quantitative estimate of drug-likeness (QED) is 0.551. The fourth-order valence-corrected chi connectivity index (χ4v) is 6.08. The second-order valence-corrected chi connectivity index (χ2v) is 8.68. The predicted molar refractivity (Wildman–Crippen MR) is 91.3 cm³/mol. The van der Waals surface area contributed by atoms with Crippen LogP contribution in [0.1, 0.15) is 51.0 Å². The smallest absolute Gasteiger partial charge is 0.0616 e. The minimum absolute atomic E-state index is 0.304. The normalized spacial score (nSPS) is 37.5. The summed E-state index contributed by atoms with van der Waals surface area (Å²) in [6.07, 6.45) is 10.8. The Kier molecular flexibility index (Phi) is 3.61. The summed E-state index contributed by atoms with van der Waals surface area (Å²) in [5.74, 6) is 4.07. The molecule has 0 unspecified atom stereocenters. The standard InChI is InChI=1S/C19H25NS/c1-2-21-18-6-4-3-5-17(18)13-20-19-10-14-7-15(11-19)9-16(8-14)12-19/h3-6,13-16H,2,7-12H2,1H3. The van der Waals surface area contributed by atoms with Gasteiger partial charge in [0.25, 0.3) is 0 Å². The van der Waals surface area contributed by atoms with E-state index >= 15 is 0 Å². The SMILES string of the molecule is CCSc1ccccc1C=NC12CC3CC(CC(C3)C1)C2. The van der Waals surface area contributed by atoms with Gasteiger partial charge in [-0.05, 0) is 68.1 Å². The maximum Gasteiger partial charge on any atom is 0.0616 e. The minimum atomic E-state index is 0.304. The van der Waals surface area contributed by atoms with Crippen LogP contribution in [0.15, 0.2) is 34.2 Å². The summed E-state index contributed by atoms with van der Waals surface area (Å²) in [6.45, 7) is 2.22. The van der Waals surface area contributed by atoms with Gasteiger partial charge in [0.2, 0.25) is 0 Å². The highest BCUT2D eigenvalue weighted by Crippen LogP contribution is 2.57. The first-order chi connectivity index (χ1) is 10.3. The molecule has 4 saturated carbocycles. The number of hydrogen-bond donors (Lipinski definition) is 0. The van der Waals surface area contributed by atoms with E-state index in [1.807, 2.05) is 11.8 Å². The van der Waals surface area contributed by atoms with E-state index in [0.717, 1.165) is 23.5 Å². The van der Waals surface area contributed by atoms with Crippen LogP contribution in [0.2, 0.25) is 0 Å². The highest BCUT2D eigenvalue weighted by Gasteiger charge is 2.50. The summed E-state index contributed by atoms with van der Waals surface area (Å²) in [7, 11) is 0. The third-order valence-electron chi connectivity index (χ3n) is 5.70. The molecule has 0 spiro atoms. The molecule has 4 bridgehead atoms. The van der Waals surface area contributed by atoms with E-state index in [2.05, 4.69) is 37.4 Å². The van der Waals surface area contributed by atoms with Crippen molar-refractivity contribution in [2.45, 2.75) is 55.9 Å². The number of benzene rings is 1. The second kappa shape index (κ2) is 5.46. The zero-order valence-corrected chi connectivity index (χ0v) is 13.7. The first-order valence-electron chi connectivity index (χ1n) is 8.53. The molecule has 0 amide bonds. The van der Waals surface area contributed by atoms with Crippen molar-refractivity contribution < 1.29 is 0 Å². The first kappa shape index (κ1) is 13.9. The van der Waals surface area contributed by atoms with Crippen LogP contribution in [0.3, 0.4) is 0 Å². The summed E-state index contributed by atoms with van der Waals surface area (Å²) in [5, 5.41) is 0. The number of rotatable bonds is 4. The van der Waals surface area contributed by atoms with Crippen LogP contribution in [-0.4, -0.2) is 17.5 Å². The van der Waals surface area contributed by atoms with Crippen LogP contribution in [0, 0.1) is 17.8 Å². The highest BCUT2D eigenvalue weighted by molar-refractivity contribution is 7.99. The van der Waals surface area contributed by atoms with Crippen molar-refractivity contribution in [3.63, 3.8) is 0 Å². The molecule has 0 heterocycles. The van der Waals surface area contributed by atoms with Gasteiger partial charge >= 0.3 is 0 Å². The Morgan fingerprint density at radius 3 is 2.33 bits per heavy atom. The van der Waals surface area contributed by atoms with Crippen molar-refractivity contribution in [2.24, 2.45) is 22.7 Å². The van der Waals surface area contributed by atoms with Crippen LogP contribution >= 0.6 is 11.8 Å². The Hall–Kier alpha value is -0.760. The van der Waals surface area contributed by atoms with Crippen molar-refractivity contribution in [1.82, 2.24) is 0 Å². The van der Waals surface area contributed by atoms with Gasteiger partial charge < -0.3 is 0 Å². The monoisotopic (exact) mass is 299 g/mol. The van der Waals surface area contributed by atoms with E-state index in [1.54, 1.807) is 0 Å². The molecule has 4 fully saturated rings. The molecule has 0 aliphatic heterocycles. The summed E-state index contributed by atoms with van der Waals surface area (Å²) in [6, 6.07) is 8.73. The van der Waals surface area contributed by atoms with E-state index in [-0.39, 0.29) is 0 Å². The average molecular weight is 299 g/mol. The molecule has 5 rings (SSSR count). The van der Waals surface area contributed by atoms with Gasteiger partial charge in [-0.15, -0.1) is 11.8 Å². The molecule has 0 radical (unpaired) electrons. The molecule has 0 aromatic heterocycles. The van der Waals surface area contributed by atoms with E-state index in [4.69, 9.17) is 4.99 Å². The summed E-state index contributed by atoms with van der Waals surface area (Å²) in [5.41, 5.74) is 1.62. The number of nitrogens with zero attached hydrogens (tertiary/aromatic N) is 1. The number of aliphatic imine (C=N–C) groups is 1. The summed E-state index contributed by atoms with van der Waals surface area (Å²) >= 11 is 1.93. The Labute approximate surface area is 132 Å². The molecule has 1 nitrogen and oxygen atoms in total. The molecule has 0 saturated heterocycles. The van der Waals surface area contributed by atoms with Crippen molar-refractivity contribution in [3.8, 4) is 0 Å². The fraction of sp³-hybridized carbons (Fsp3) is 0.632. The molecule has 4 aliphatic carbocycles. The van der Waals surface area contributed by atoms with Gasteiger partial charge in [0, 0.05) is 16.7 Å². The van der Waals surface area contributed by atoms with E-state index in [1.165, 1.54) is 49.0 Å². The minimum Gasteiger partial charge on any atom is -0.286 e. The van der Waals surface area contributed by atoms with Gasteiger partial charge in [-0.3, -0.25) is 4.99 Å². The van der Waals surface area contributed by atoms with Gasteiger partial charge in [-0.25, -0.2) is 0 Å². The number of hydrogen-bond acceptors (Lipinski definition) is 2. The average Bonchev–Trinajstić information content (AvgIpc) is 2.45. The Bertz CT molecular complexity index is 513. The van der Waals surface area contributed by atoms with Crippen LogP contribution in [0.4, 0.5) is 0 Å². The van der Waals surface area contributed by atoms with Gasteiger partial charge in [-0.1, -0.05) is 25.1 Å². The number of thioether (sulfide) groups is 1. The van der Waals surface area contributed by atoms with Crippen molar-refractivity contribution >= 4 is 18.0 Å². The molecule has 1 aromatic rings. The highest BCUT2D eigenvalue weighted by atomic mass is 32.2. The molecule has 1 aromatic carbocycles. The van der Waals surface area contributed by atoms with E-state index in [0.29, 0.717) is 5.54 Å². The predicted octanol–water partition coefficient (Wildman–Crippen LogP) is 5.19. The van der Waals surface area contributed by atoms with Gasteiger partial charge in [0.05, 0.1) is 5.54 Å². The molecule has 112 valence electrons. The van der Waals surface area contributed by atoms with Crippen LogP contribution in [0.5, 0.6) is 0 Å². The Morgan fingerprint density at radius 2 is 1.71 bits per heavy atom. The first-order valence-corrected chi connectivity index (χ1v) is 9.52. The van der Waals surface area contributed by atoms with E-state index in [9.17, 15) is 0 Å². The summed E-state index contributed by atoms with van der Waals surface area (Å²) in [4.78, 5) is 6.57. The lowest BCUT2D eigenvalue weighted by molar-refractivity contribution is 0.00194. The largest absolute Gasteiger partial charge is 0.286 e. The Balaban J connectivity index is 1.58. The molecule has 21 heavy (non-hydrogen) atoms. The third-order valence-corrected chi connectivity index (χ3v) is 6.67. The van der Waals surface area contributed by atoms with Gasteiger partial charge in [-0.2, -0.15) is 0 Å². The molecular formula is C19H25NS. The van der Waals surface area contributed by atoms with Crippen LogP contribution in [0.25, 0.3) is 0 Å². The zero-order valence-electron chi connectivity index (χ0n) is 12.9. The lowest BCUT2D eigenvalue weighted by Gasteiger charge is -2.55. The van der Waals surface area contributed by atoms with Gasteiger partial charge in [0.15, 0.2) is 0 Å². The maximum atomic E-state index is 5.19. The molecule has 2 heteroatoms. The zero-order chi connectivity index (χ0) is 14.3. The van der Waals surface area contributed by atoms with Crippen LogP contribution < -0.4 is 0 Å². The van der Waals surface area contributed by atoms with Crippen molar-refractivity contribution in [3.05, 3.63) is 29.8 Å². The topological polar surface area (TPSA) is 12.4 Å². The second-order valence-electron chi connectivity index (χ2n) is 7.37. The van der Waals surface area contributed by atoms with Gasteiger partial charge in [0.1, 0.15) is 0 Å². The fourth-order valence-electron chi connectivity index (χ4n) is 5.30.